The Hall–Kier alpha value is -0.610. The van der Waals surface area contributed by atoms with E-state index in [1.54, 1.807) is 4.90 Å². The molecular weight excluding hydrogens is 178 g/mol. The number of carbonyl (C=O) groups excluding carboxylic acids is 1. The van der Waals surface area contributed by atoms with Gasteiger partial charge in [0, 0.05) is 19.6 Å². The van der Waals surface area contributed by atoms with Crippen molar-refractivity contribution in [1.29, 1.82) is 0 Å². The van der Waals surface area contributed by atoms with Gasteiger partial charge < -0.3 is 15.5 Å². The van der Waals surface area contributed by atoms with Crippen LogP contribution in [0.5, 0.6) is 0 Å². The molecule has 0 radical (unpaired) electrons. The Morgan fingerprint density at radius 3 is 2.79 bits per heavy atom. The predicted molar refractivity (Wildman–Crippen MR) is 57.2 cm³/mol. The lowest BCUT2D eigenvalue weighted by Crippen LogP contribution is -2.37. The fraction of sp³-hybridized carbons (Fsp3) is 0.900. The molecule has 0 atom stereocenters. The molecule has 4 heteroatoms. The summed E-state index contributed by atoms with van der Waals surface area (Å²) < 4.78 is 0. The highest BCUT2D eigenvalue weighted by molar-refractivity contribution is 5.78. The maximum atomic E-state index is 11.5. The molecule has 4 nitrogen and oxygen atoms in total. The van der Waals surface area contributed by atoms with Gasteiger partial charge in [-0.3, -0.25) is 4.79 Å². The highest BCUT2D eigenvalue weighted by Gasteiger charge is 2.21. The third-order valence-electron chi connectivity index (χ3n) is 2.47. The number of hydrogen-bond acceptors (Lipinski definition) is 3. The molecule has 0 heterocycles. The first-order valence-corrected chi connectivity index (χ1v) is 5.36. The van der Waals surface area contributed by atoms with E-state index < -0.39 is 0 Å². The van der Waals surface area contributed by atoms with Crippen LogP contribution in [0.1, 0.15) is 19.3 Å². The van der Waals surface area contributed by atoms with Gasteiger partial charge in [0.2, 0.25) is 5.91 Å². The second kappa shape index (κ2) is 5.98. The van der Waals surface area contributed by atoms with E-state index in [1.807, 2.05) is 14.1 Å². The number of nitrogens with one attached hydrogen (secondary N) is 2. The molecule has 2 N–H and O–H groups in total. The molecule has 1 amide bonds. The number of carbonyl (C=O) groups is 1. The van der Waals surface area contributed by atoms with Gasteiger partial charge in [0.1, 0.15) is 0 Å². The molecule has 0 saturated heterocycles. The highest BCUT2D eigenvalue weighted by atomic mass is 16.2. The van der Waals surface area contributed by atoms with Crippen LogP contribution in [-0.2, 0) is 4.79 Å². The minimum absolute atomic E-state index is 0.202. The minimum atomic E-state index is 0.202. The van der Waals surface area contributed by atoms with Crippen molar-refractivity contribution in [2.75, 3.05) is 33.7 Å². The number of rotatable bonds is 7. The highest BCUT2D eigenvalue weighted by Crippen LogP contribution is 2.17. The predicted octanol–water partition coefficient (Wildman–Crippen LogP) is -0.194. The van der Waals surface area contributed by atoms with Crippen LogP contribution in [0.2, 0.25) is 0 Å². The Bertz CT molecular complexity index is 180. The first-order valence-electron chi connectivity index (χ1n) is 5.36. The van der Waals surface area contributed by atoms with Gasteiger partial charge in [0.25, 0.3) is 0 Å². The molecule has 0 aromatic heterocycles. The fourth-order valence-electron chi connectivity index (χ4n) is 1.27. The van der Waals surface area contributed by atoms with Crippen molar-refractivity contribution < 1.29 is 4.79 Å². The molecule has 1 saturated carbocycles. The van der Waals surface area contributed by atoms with Crippen molar-refractivity contribution in [1.82, 2.24) is 15.5 Å². The van der Waals surface area contributed by atoms with Crippen molar-refractivity contribution in [3.63, 3.8) is 0 Å². The van der Waals surface area contributed by atoms with E-state index in [4.69, 9.17) is 0 Å². The van der Waals surface area contributed by atoms with Crippen LogP contribution in [0.4, 0.5) is 0 Å². The van der Waals surface area contributed by atoms with Crippen molar-refractivity contribution in [3.05, 3.63) is 0 Å². The molecule has 0 unspecified atom stereocenters. The van der Waals surface area contributed by atoms with Crippen molar-refractivity contribution in [3.8, 4) is 0 Å². The Balaban J connectivity index is 2.02. The molecule has 1 aliphatic carbocycles. The van der Waals surface area contributed by atoms with Gasteiger partial charge in [-0.1, -0.05) is 0 Å². The third kappa shape index (κ3) is 4.58. The maximum Gasteiger partial charge on any atom is 0.236 e. The summed E-state index contributed by atoms with van der Waals surface area (Å²) in [5.74, 6) is 0.202. The zero-order valence-corrected chi connectivity index (χ0v) is 9.18. The topological polar surface area (TPSA) is 44.4 Å². The molecule has 0 spiro atoms. The van der Waals surface area contributed by atoms with Gasteiger partial charge in [0.05, 0.1) is 6.54 Å². The Morgan fingerprint density at radius 2 is 2.21 bits per heavy atom. The lowest BCUT2D eigenvalue weighted by molar-refractivity contribution is -0.129. The number of likely N-dealkylation sites (N-methyl/N-ethyl adjacent to an activating group) is 1. The minimum Gasteiger partial charge on any atom is -0.345 e. The summed E-state index contributed by atoms with van der Waals surface area (Å²) in [6.07, 6.45) is 3.48. The average Bonchev–Trinajstić information content (AvgIpc) is 2.98. The molecule has 0 aliphatic heterocycles. The van der Waals surface area contributed by atoms with Crippen LogP contribution in [0, 0.1) is 0 Å². The average molecular weight is 199 g/mol. The second-order valence-corrected chi connectivity index (χ2v) is 3.93. The van der Waals surface area contributed by atoms with Gasteiger partial charge in [-0.25, -0.2) is 0 Å². The van der Waals surface area contributed by atoms with Crippen LogP contribution < -0.4 is 10.6 Å². The maximum absolute atomic E-state index is 11.5. The Morgan fingerprint density at radius 1 is 1.50 bits per heavy atom. The molecule has 1 rings (SSSR count). The molecule has 1 fully saturated rings. The second-order valence-electron chi connectivity index (χ2n) is 3.93. The van der Waals surface area contributed by atoms with Gasteiger partial charge in [-0.2, -0.15) is 0 Å². The number of nitrogens with zero attached hydrogens (tertiary/aromatic N) is 1. The fourth-order valence-corrected chi connectivity index (χ4v) is 1.27. The van der Waals surface area contributed by atoms with E-state index in [0.717, 1.165) is 19.5 Å². The van der Waals surface area contributed by atoms with Crippen LogP contribution in [0.25, 0.3) is 0 Å². The third-order valence-corrected chi connectivity index (χ3v) is 2.47. The summed E-state index contributed by atoms with van der Waals surface area (Å²) in [5, 5.41) is 6.29. The summed E-state index contributed by atoms with van der Waals surface area (Å²) in [7, 11) is 3.79. The summed E-state index contributed by atoms with van der Waals surface area (Å²) in [6.45, 7) is 2.31. The standard InChI is InChI=1S/C10H21N3O/c1-11-6-3-7-13(2)10(14)8-12-9-4-5-9/h9,11-12H,3-8H2,1-2H3. The monoisotopic (exact) mass is 199 g/mol. The summed E-state index contributed by atoms with van der Waals surface area (Å²) in [5.41, 5.74) is 0. The van der Waals surface area contributed by atoms with Gasteiger partial charge in [-0.15, -0.1) is 0 Å². The van der Waals surface area contributed by atoms with Crippen molar-refractivity contribution in [2.45, 2.75) is 25.3 Å². The lowest BCUT2D eigenvalue weighted by atomic mass is 10.4. The van der Waals surface area contributed by atoms with Crippen molar-refractivity contribution >= 4 is 5.91 Å². The zero-order valence-electron chi connectivity index (χ0n) is 9.18. The smallest absolute Gasteiger partial charge is 0.236 e. The SMILES string of the molecule is CNCCCN(C)C(=O)CNC1CC1. The van der Waals surface area contributed by atoms with Crippen LogP contribution in [0.15, 0.2) is 0 Å². The van der Waals surface area contributed by atoms with E-state index in [2.05, 4.69) is 10.6 Å². The lowest BCUT2D eigenvalue weighted by Gasteiger charge is -2.17. The van der Waals surface area contributed by atoms with E-state index in [-0.39, 0.29) is 5.91 Å². The first kappa shape index (κ1) is 11.5. The van der Waals surface area contributed by atoms with E-state index in [0.29, 0.717) is 12.6 Å². The van der Waals surface area contributed by atoms with E-state index in [1.165, 1.54) is 12.8 Å². The number of amides is 1. The van der Waals surface area contributed by atoms with Crippen molar-refractivity contribution in [2.24, 2.45) is 0 Å². The van der Waals surface area contributed by atoms with Crippen LogP contribution >= 0.6 is 0 Å². The molecule has 0 aromatic carbocycles. The number of hydrogen-bond donors (Lipinski definition) is 2. The van der Waals surface area contributed by atoms with E-state index in [9.17, 15) is 4.79 Å². The molecule has 0 aromatic rings. The molecule has 82 valence electrons. The quantitative estimate of drug-likeness (QED) is 0.558. The van der Waals surface area contributed by atoms with Gasteiger partial charge in [0.15, 0.2) is 0 Å². The van der Waals surface area contributed by atoms with Crippen LogP contribution in [-0.4, -0.2) is 50.6 Å². The zero-order chi connectivity index (χ0) is 10.4. The largest absolute Gasteiger partial charge is 0.345 e. The summed E-state index contributed by atoms with van der Waals surface area (Å²) >= 11 is 0. The Kier molecular flexibility index (Phi) is 4.90. The Labute approximate surface area is 86.0 Å². The molecular formula is C10H21N3O. The summed E-state index contributed by atoms with van der Waals surface area (Å²) in [4.78, 5) is 13.3. The van der Waals surface area contributed by atoms with Gasteiger partial charge in [-0.05, 0) is 32.9 Å². The van der Waals surface area contributed by atoms with Crippen LogP contribution in [0.3, 0.4) is 0 Å². The summed E-state index contributed by atoms with van der Waals surface area (Å²) in [6, 6.07) is 0.615. The van der Waals surface area contributed by atoms with Gasteiger partial charge >= 0.3 is 0 Å². The molecule has 1 aliphatic rings. The van der Waals surface area contributed by atoms with E-state index >= 15 is 0 Å². The first-order chi connectivity index (χ1) is 6.74. The molecule has 0 bridgehead atoms. The normalized spacial score (nSPS) is 15.6. The molecule has 14 heavy (non-hydrogen) atoms.